The Kier molecular flexibility index (Phi) is 8.85. The monoisotopic (exact) mass is 694 g/mol. The van der Waals surface area contributed by atoms with Crippen LogP contribution in [0.15, 0.2) is 70.1 Å². The summed E-state index contributed by atoms with van der Waals surface area (Å²) in [5.41, 5.74) is 5.26. The van der Waals surface area contributed by atoms with Crippen molar-refractivity contribution in [3.8, 4) is 0 Å². The van der Waals surface area contributed by atoms with Crippen LogP contribution < -0.4 is 4.90 Å². The number of unbranched alkanes of at least 4 members (excludes halogenated alkanes) is 2. The van der Waals surface area contributed by atoms with Gasteiger partial charge in [0.05, 0.1) is 15.9 Å². The van der Waals surface area contributed by atoms with Crippen LogP contribution in [0.25, 0.3) is 0 Å². The number of hydrogen-bond acceptors (Lipinski definition) is 7. The Labute approximate surface area is 282 Å². The molecule has 0 aromatic heterocycles. The first-order valence-electron chi connectivity index (χ1n) is 16.5. The maximum absolute atomic E-state index is 12.6. The molecule has 256 valence electrons. The van der Waals surface area contributed by atoms with Gasteiger partial charge in [-0.25, -0.2) is 8.42 Å². The van der Waals surface area contributed by atoms with Crippen molar-refractivity contribution >= 4 is 43.3 Å². The second-order valence-electron chi connectivity index (χ2n) is 13.9. The lowest BCUT2D eigenvalue weighted by Crippen LogP contribution is -2.31. The zero-order valence-electron chi connectivity index (χ0n) is 27.5. The number of anilines is 1. The number of aliphatic carboxylic acids is 1. The van der Waals surface area contributed by atoms with E-state index in [4.69, 9.17) is 5.11 Å². The zero-order valence-corrected chi connectivity index (χ0v) is 29.2. The maximum atomic E-state index is 12.6. The largest absolute Gasteiger partial charge is 0.744 e. The number of nitrogens with zero attached hydrogens (tertiary/aromatic N) is 2. The van der Waals surface area contributed by atoms with Gasteiger partial charge < -0.3 is 14.6 Å². The molecule has 0 aliphatic carbocycles. The van der Waals surface area contributed by atoms with E-state index in [0.29, 0.717) is 43.4 Å². The van der Waals surface area contributed by atoms with E-state index in [1.165, 1.54) is 12.1 Å². The van der Waals surface area contributed by atoms with Crippen LogP contribution >= 0.6 is 0 Å². The Morgan fingerprint density at radius 3 is 2.35 bits per heavy atom. The number of carboxylic acid groups (broad SMARTS) is 1. The molecule has 4 aliphatic rings. The molecule has 0 fully saturated rings. The molecule has 0 bridgehead atoms. The van der Waals surface area contributed by atoms with Crippen LogP contribution in [0.4, 0.5) is 11.4 Å². The lowest BCUT2D eigenvalue weighted by Gasteiger charge is -2.32. The summed E-state index contributed by atoms with van der Waals surface area (Å²) in [6.45, 7) is 7.31. The van der Waals surface area contributed by atoms with E-state index in [1.807, 2.05) is 51.2 Å². The zero-order chi connectivity index (χ0) is 34.6. The average Bonchev–Trinajstić information content (AvgIpc) is 3.38. The summed E-state index contributed by atoms with van der Waals surface area (Å²) in [5, 5.41) is 9.09. The van der Waals surface area contributed by atoms with Gasteiger partial charge in [0.15, 0.2) is 5.71 Å². The molecule has 6 rings (SSSR count). The van der Waals surface area contributed by atoms with Crippen LogP contribution in [-0.2, 0) is 48.7 Å². The maximum Gasteiger partial charge on any atom is 0.303 e. The molecular formula is C36H42N2O8S2. The summed E-state index contributed by atoms with van der Waals surface area (Å²) in [6.07, 6.45) is 15.6. The summed E-state index contributed by atoms with van der Waals surface area (Å²) in [7, 11) is -9.18. The SMILES string of the molecule is CC1(C)C(C=CC=CC=C2N3CCCc4ccc(S(=O)(=O)O)c(c43)C2(C)CCCCCC(=O)O)=[N+]2CCCc3ccc(S(=O)(=O)[O-])c1c32. The normalized spacial score (nSPS) is 22.3. The third kappa shape index (κ3) is 5.86. The number of carbonyl (C=O) groups is 1. The molecule has 4 aliphatic heterocycles. The number of allylic oxidation sites excluding steroid dienone is 6. The van der Waals surface area contributed by atoms with E-state index in [9.17, 15) is 30.7 Å². The first kappa shape index (κ1) is 34.3. The molecule has 2 aromatic carbocycles. The fraction of sp³-hybridized carbons (Fsp3) is 0.444. The van der Waals surface area contributed by atoms with E-state index in [2.05, 4.69) is 9.48 Å². The van der Waals surface area contributed by atoms with E-state index < -0.39 is 37.0 Å². The van der Waals surface area contributed by atoms with Gasteiger partial charge >= 0.3 is 5.97 Å². The topological polar surface area (TPSA) is 155 Å². The Bertz CT molecular complexity index is 2040. The predicted molar refractivity (Wildman–Crippen MR) is 182 cm³/mol. The van der Waals surface area contributed by atoms with Crippen LogP contribution in [0.2, 0.25) is 0 Å². The number of rotatable bonds is 11. The molecule has 12 heteroatoms. The van der Waals surface area contributed by atoms with Crippen molar-refractivity contribution in [2.75, 3.05) is 18.0 Å². The minimum absolute atomic E-state index is 0.0747. The van der Waals surface area contributed by atoms with Crippen LogP contribution in [-0.4, -0.2) is 60.4 Å². The molecular weight excluding hydrogens is 653 g/mol. The Morgan fingerprint density at radius 1 is 0.938 bits per heavy atom. The number of benzene rings is 2. The van der Waals surface area contributed by atoms with E-state index in [1.54, 1.807) is 12.1 Å². The summed E-state index contributed by atoms with van der Waals surface area (Å²) in [6, 6.07) is 6.50. The number of carboxylic acids is 1. The highest BCUT2D eigenvalue weighted by atomic mass is 32.2. The van der Waals surface area contributed by atoms with Gasteiger partial charge in [0.1, 0.15) is 21.6 Å². The quantitative estimate of drug-likeness (QED) is 0.126. The molecule has 4 heterocycles. The lowest BCUT2D eigenvalue weighted by atomic mass is 9.76. The van der Waals surface area contributed by atoms with Crippen molar-refractivity contribution in [3.63, 3.8) is 0 Å². The van der Waals surface area contributed by atoms with E-state index >= 15 is 0 Å². The van der Waals surface area contributed by atoms with Crippen LogP contribution in [0.3, 0.4) is 0 Å². The molecule has 10 nitrogen and oxygen atoms in total. The van der Waals surface area contributed by atoms with Gasteiger partial charge in [-0.1, -0.05) is 43.2 Å². The van der Waals surface area contributed by atoms with Gasteiger partial charge in [-0.15, -0.1) is 0 Å². The highest BCUT2D eigenvalue weighted by Crippen LogP contribution is 2.56. The Balaban J connectivity index is 1.36. The first-order chi connectivity index (χ1) is 22.6. The fourth-order valence-corrected chi connectivity index (χ4v) is 10.0. The second kappa shape index (κ2) is 12.4. The van der Waals surface area contributed by atoms with Crippen molar-refractivity contribution in [2.24, 2.45) is 0 Å². The Morgan fingerprint density at radius 2 is 1.65 bits per heavy atom. The van der Waals surface area contributed by atoms with E-state index in [0.717, 1.165) is 66.1 Å². The second-order valence-corrected chi connectivity index (χ2v) is 16.7. The third-order valence-corrected chi connectivity index (χ3v) is 12.2. The lowest BCUT2D eigenvalue weighted by molar-refractivity contribution is -0.443. The van der Waals surface area contributed by atoms with E-state index in [-0.39, 0.29) is 16.2 Å². The van der Waals surface area contributed by atoms with Gasteiger partial charge in [-0.05, 0) is 76.6 Å². The van der Waals surface area contributed by atoms with Gasteiger partial charge in [0, 0.05) is 53.4 Å². The first-order valence-corrected chi connectivity index (χ1v) is 19.4. The fourth-order valence-electron chi connectivity index (χ4n) is 8.38. The predicted octanol–water partition coefficient (Wildman–Crippen LogP) is 5.92. The van der Waals surface area contributed by atoms with Crippen LogP contribution in [0.1, 0.15) is 88.0 Å². The van der Waals surface area contributed by atoms with Crippen LogP contribution in [0.5, 0.6) is 0 Å². The van der Waals surface area contributed by atoms with Gasteiger partial charge in [-0.3, -0.25) is 9.35 Å². The third-order valence-electron chi connectivity index (χ3n) is 10.5. The van der Waals surface area contributed by atoms with Crippen LogP contribution in [0, 0.1) is 0 Å². The molecule has 1 atom stereocenters. The summed E-state index contributed by atoms with van der Waals surface area (Å²) >= 11 is 0. The standard InChI is InChI=1S/C36H42N2O8S2/c1-35(2)28(37-22-10-12-24-17-19-26(47(41,42)43)31(35)33(24)37)14-6-4-7-15-29-36(3,21-9-5-8-16-30(39)40)32-27(48(44,45)46)20-18-25-13-11-23-38(29)34(25)32/h4,6-7,14-15,17-20H,5,8-13,16,21-23H2,1-3H3,(H2-,39,40,41,42,43,44,45,46). The molecule has 48 heavy (non-hydrogen) atoms. The van der Waals surface area contributed by atoms with Crippen molar-refractivity contribution in [1.82, 2.24) is 0 Å². The highest BCUT2D eigenvalue weighted by Gasteiger charge is 2.50. The molecule has 0 spiro atoms. The van der Waals surface area contributed by atoms with Crippen molar-refractivity contribution < 1.29 is 40.4 Å². The minimum Gasteiger partial charge on any atom is -0.744 e. The van der Waals surface area contributed by atoms with Gasteiger partial charge in [0.2, 0.25) is 5.69 Å². The summed E-state index contributed by atoms with van der Waals surface area (Å²) in [5.74, 6) is -0.846. The van der Waals surface area contributed by atoms with Gasteiger partial charge in [0.25, 0.3) is 10.1 Å². The number of hydrogen-bond donors (Lipinski definition) is 2. The molecule has 1 unspecified atom stereocenters. The van der Waals surface area contributed by atoms with Crippen molar-refractivity contribution in [2.45, 2.75) is 99.2 Å². The van der Waals surface area contributed by atoms with Gasteiger partial charge in [-0.2, -0.15) is 13.0 Å². The number of aryl methyl sites for hydroxylation is 2. The summed E-state index contributed by atoms with van der Waals surface area (Å²) < 4.78 is 74.5. The minimum atomic E-state index is -4.67. The Hall–Kier alpha value is -3.58. The molecule has 2 aromatic rings. The molecule has 2 N–H and O–H groups in total. The molecule has 0 saturated carbocycles. The molecule has 0 amide bonds. The van der Waals surface area contributed by atoms with Crippen molar-refractivity contribution in [1.29, 1.82) is 0 Å². The summed E-state index contributed by atoms with van der Waals surface area (Å²) in [4.78, 5) is 13.0. The molecule has 0 saturated heterocycles. The highest BCUT2D eigenvalue weighted by molar-refractivity contribution is 7.86. The molecule has 0 radical (unpaired) electrons. The smallest absolute Gasteiger partial charge is 0.303 e. The average molecular weight is 695 g/mol. The van der Waals surface area contributed by atoms with Crippen molar-refractivity contribution in [3.05, 3.63) is 82.6 Å².